The molecule has 0 N–H and O–H groups in total. The first-order valence-electron chi connectivity index (χ1n) is 9.26. The fourth-order valence-electron chi connectivity index (χ4n) is 2.52. The smallest absolute Gasteiger partial charge is 0.0998 e. The van der Waals surface area contributed by atoms with Crippen molar-refractivity contribution in [2.24, 2.45) is 9.98 Å². The van der Waals surface area contributed by atoms with E-state index in [1.807, 2.05) is 76.1 Å². The predicted octanol–water partition coefficient (Wildman–Crippen LogP) is 5.02. The van der Waals surface area contributed by atoms with Crippen molar-refractivity contribution in [2.75, 3.05) is 14.1 Å². The van der Waals surface area contributed by atoms with Gasteiger partial charge >= 0.3 is 0 Å². The zero-order chi connectivity index (χ0) is 19.5. The quantitative estimate of drug-likeness (QED) is 0.509. The zero-order valence-corrected chi connectivity index (χ0v) is 17.5. The number of amidine groups is 2. The van der Waals surface area contributed by atoms with Gasteiger partial charge in [-0.3, -0.25) is 9.98 Å². The van der Waals surface area contributed by atoms with E-state index in [0.717, 1.165) is 18.1 Å². The van der Waals surface area contributed by atoms with E-state index in [-0.39, 0.29) is 0 Å². The lowest BCUT2D eigenvalue weighted by molar-refractivity contribution is 0.673. The Morgan fingerprint density at radius 2 is 1.19 bits per heavy atom. The van der Waals surface area contributed by atoms with Crippen LogP contribution in [-0.2, 0) is 19.5 Å². The Hall–Kier alpha value is -2.36. The number of rotatable bonds is 7. The summed E-state index contributed by atoms with van der Waals surface area (Å²) in [6, 6.07) is 6.72. The molecule has 0 spiro atoms. The van der Waals surface area contributed by atoms with Crippen molar-refractivity contribution in [1.29, 1.82) is 0 Å². The highest BCUT2D eigenvalue weighted by molar-refractivity contribution is 5.80. The van der Waals surface area contributed by atoms with E-state index in [9.17, 15) is 0 Å². The first kappa shape index (κ1) is 21.7. The van der Waals surface area contributed by atoms with Gasteiger partial charge in [-0.05, 0) is 50.8 Å². The van der Waals surface area contributed by atoms with Crippen molar-refractivity contribution in [2.45, 2.75) is 54.1 Å². The molecule has 0 radical (unpaired) electrons. The summed E-state index contributed by atoms with van der Waals surface area (Å²) in [7, 11) is 4.04. The summed E-state index contributed by atoms with van der Waals surface area (Å²) in [5.41, 5.74) is 3.81. The number of benzene rings is 1. The predicted molar refractivity (Wildman–Crippen MR) is 115 cm³/mol. The van der Waals surface area contributed by atoms with Gasteiger partial charge in [0.25, 0.3) is 0 Å². The van der Waals surface area contributed by atoms with Gasteiger partial charge < -0.3 is 9.80 Å². The van der Waals surface area contributed by atoms with E-state index in [0.29, 0.717) is 13.1 Å². The molecule has 0 amide bonds. The molecule has 1 rings (SSSR count). The second kappa shape index (κ2) is 11.3. The third kappa shape index (κ3) is 7.26. The monoisotopic (exact) mass is 354 g/mol. The standard InChI is InChI=1S/C22H34N4/c1-8-11-25(6)18(4)23-16-21-13-20(10-3)14-22(15-21)17-24-19(5)26(7)12-9-2/h8-9,11-15H,10,16-17H2,1-7H3/b11-8-,12-9-,23-18?,24-19?. The summed E-state index contributed by atoms with van der Waals surface area (Å²) in [6.07, 6.45) is 9.08. The maximum Gasteiger partial charge on any atom is 0.0998 e. The van der Waals surface area contributed by atoms with E-state index in [2.05, 4.69) is 25.1 Å². The molecule has 0 aliphatic rings. The Balaban J connectivity index is 2.94. The Bertz CT molecular complexity index is 629. The Morgan fingerprint density at radius 3 is 1.54 bits per heavy atom. The molecular formula is C22H34N4. The molecule has 1 aromatic carbocycles. The summed E-state index contributed by atoms with van der Waals surface area (Å²) in [4.78, 5) is 13.5. The molecule has 0 saturated heterocycles. The van der Waals surface area contributed by atoms with Crippen molar-refractivity contribution < 1.29 is 0 Å². The van der Waals surface area contributed by atoms with Crippen LogP contribution < -0.4 is 0 Å². The van der Waals surface area contributed by atoms with Gasteiger partial charge in [-0.15, -0.1) is 0 Å². The summed E-state index contributed by atoms with van der Waals surface area (Å²) in [5, 5.41) is 0. The molecule has 4 nitrogen and oxygen atoms in total. The molecule has 4 heteroatoms. The molecule has 26 heavy (non-hydrogen) atoms. The number of allylic oxidation sites excluding steroid dienone is 2. The van der Waals surface area contributed by atoms with Gasteiger partial charge in [0, 0.05) is 26.5 Å². The second-order valence-electron chi connectivity index (χ2n) is 6.42. The van der Waals surface area contributed by atoms with Gasteiger partial charge in [0.15, 0.2) is 0 Å². The van der Waals surface area contributed by atoms with Gasteiger partial charge in [-0.25, -0.2) is 0 Å². The number of aryl methyl sites for hydroxylation is 1. The van der Waals surface area contributed by atoms with Crippen LogP contribution in [0.5, 0.6) is 0 Å². The van der Waals surface area contributed by atoms with Crippen LogP contribution in [0, 0.1) is 0 Å². The van der Waals surface area contributed by atoms with Crippen molar-refractivity contribution in [3.8, 4) is 0 Å². The van der Waals surface area contributed by atoms with Crippen LogP contribution >= 0.6 is 0 Å². The van der Waals surface area contributed by atoms with E-state index in [1.54, 1.807) is 0 Å². The average Bonchev–Trinajstić information content (AvgIpc) is 2.64. The molecular weight excluding hydrogens is 320 g/mol. The molecule has 0 bridgehead atoms. The zero-order valence-electron chi connectivity index (χ0n) is 17.5. The first-order chi connectivity index (χ1) is 12.4. The Labute approximate surface area is 159 Å². The number of hydrogen-bond donors (Lipinski definition) is 0. The average molecular weight is 355 g/mol. The second-order valence-corrected chi connectivity index (χ2v) is 6.42. The SMILES string of the molecule is C/C=C\N(C)C(C)=NCc1cc(CC)cc(CN=C(C)N(C)/C=C\C)c1. The molecule has 0 saturated carbocycles. The maximum absolute atomic E-state index is 4.72. The lowest BCUT2D eigenvalue weighted by atomic mass is 10.0. The largest absolute Gasteiger partial charge is 0.340 e. The maximum atomic E-state index is 4.72. The molecule has 0 fully saturated rings. The van der Waals surface area contributed by atoms with Gasteiger partial charge in [0.05, 0.1) is 24.8 Å². The van der Waals surface area contributed by atoms with Crippen LogP contribution in [0.2, 0.25) is 0 Å². The van der Waals surface area contributed by atoms with Gasteiger partial charge in [-0.1, -0.05) is 37.3 Å². The van der Waals surface area contributed by atoms with Crippen LogP contribution in [0.25, 0.3) is 0 Å². The minimum Gasteiger partial charge on any atom is -0.340 e. The number of nitrogens with zero attached hydrogens (tertiary/aromatic N) is 4. The van der Waals surface area contributed by atoms with E-state index in [4.69, 9.17) is 9.98 Å². The Kier molecular flexibility index (Phi) is 9.42. The minimum absolute atomic E-state index is 0.690. The first-order valence-corrected chi connectivity index (χ1v) is 9.26. The Morgan fingerprint density at radius 1 is 0.808 bits per heavy atom. The van der Waals surface area contributed by atoms with E-state index in [1.165, 1.54) is 16.7 Å². The lowest BCUT2D eigenvalue weighted by Crippen LogP contribution is -2.17. The molecule has 0 aliphatic heterocycles. The van der Waals surface area contributed by atoms with Crippen LogP contribution in [0.4, 0.5) is 0 Å². The van der Waals surface area contributed by atoms with Gasteiger partial charge in [-0.2, -0.15) is 0 Å². The summed E-state index contributed by atoms with van der Waals surface area (Å²) >= 11 is 0. The molecule has 0 aliphatic carbocycles. The topological polar surface area (TPSA) is 31.2 Å². The highest BCUT2D eigenvalue weighted by Crippen LogP contribution is 2.14. The highest BCUT2D eigenvalue weighted by Gasteiger charge is 2.03. The molecule has 1 aromatic rings. The summed E-state index contributed by atoms with van der Waals surface area (Å²) in [6.45, 7) is 11.7. The summed E-state index contributed by atoms with van der Waals surface area (Å²) in [5.74, 6) is 2.02. The third-order valence-electron chi connectivity index (χ3n) is 4.27. The van der Waals surface area contributed by atoms with E-state index >= 15 is 0 Å². The van der Waals surface area contributed by atoms with E-state index < -0.39 is 0 Å². The molecule has 0 atom stereocenters. The fourth-order valence-corrected chi connectivity index (χ4v) is 2.52. The third-order valence-corrected chi connectivity index (χ3v) is 4.27. The van der Waals surface area contributed by atoms with Crippen molar-refractivity contribution in [3.63, 3.8) is 0 Å². The van der Waals surface area contributed by atoms with Crippen LogP contribution in [-0.4, -0.2) is 35.6 Å². The molecule has 0 unspecified atom stereocenters. The fraction of sp³-hybridized carbons (Fsp3) is 0.455. The van der Waals surface area contributed by atoms with Gasteiger partial charge in [0.1, 0.15) is 0 Å². The van der Waals surface area contributed by atoms with Crippen LogP contribution in [0.3, 0.4) is 0 Å². The molecule has 142 valence electrons. The summed E-state index contributed by atoms with van der Waals surface area (Å²) < 4.78 is 0. The van der Waals surface area contributed by atoms with Crippen molar-refractivity contribution >= 4 is 11.7 Å². The number of aliphatic imine (C=N–C) groups is 2. The number of hydrogen-bond acceptors (Lipinski definition) is 2. The lowest BCUT2D eigenvalue weighted by Gasteiger charge is -2.14. The minimum atomic E-state index is 0.690. The molecule has 0 heterocycles. The van der Waals surface area contributed by atoms with Crippen LogP contribution in [0.15, 0.2) is 52.7 Å². The highest BCUT2D eigenvalue weighted by atomic mass is 15.1. The van der Waals surface area contributed by atoms with Crippen molar-refractivity contribution in [1.82, 2.24) is 9.80 Å². The van der Waals surface area contributed by atoms with Crippen LogP contribution in [0.1, 0.15) is 51.3 Å². The van der Waals surface area contributed by atoms with Gasteiger partial charge in [0.2, 0.25) is 0 Å². The molecule has 0 aromatic heterocycles. The van der Waals surface area contributed by atoms with Crippen molar-refractivity contribution in [3.05, 3.63) is 59.4 Å². The normalized spacial score (nSPS) is 13.0.